The molecular formula is C19H20N2O3S. The number of hydrogen-bond donors (Lipinski definition) is 2. The molecule has 6 heteroatoms. The molecular weight excluding hydrogens is 336 g/mol. The van der Waals surface area contributed by atoms with Crippen LogP contribution < -0.4 is 10.2 Å². The second-order valence-corrected chi connectivity index (χ2v) is 7.56. The average molecular weight is 356 g/mol. The first-order valence-electron chi connectivity index (χ1n) is 8.24. The van der Waals surface area contributed by atoms with Gasteiger partial charge in [0.15, 0.2) is 5.43 Å². The van der Waals surface area contributed by atoms with Crippen LogP contribution in [0.2, 0.25) is 0 Å². The van der Waals surface area contributed by atoms with Crippen LogP contribution in [0.25, 0.3) is 10.9 Å². The molecule has 0 bridgehead atoms. The minimum absolute atomic E-state index is 0.131. The molecule has 5 nitrogen and oxygen atoms in total. The standard InChI is InChI=1S/C19H20N2O3S/c1-2-3-11-16-18(22)15-12-7-8-13-17(15)20-19(16)21-25(23,24)14-9-5-4-6-10-14/h4-10,12-13H,2-3,11H2,1H3,(H2,20,21,22). The molecule has 0 radical (unpaired) electrons. The van der Waals surface area contributed by atoms with E-state index in [2.05, 4.69) is 9.71 Å². The normalized spacial score (nSPS) is 11.6. The van der Waals surface area contributed by atoms with Crippen LogP contribution in [0.1, 0.15) is 25.3 Å². The van der Waals surface area contributed by atoms with E-state index in [1.807, 2.05) is 6.92 Å². The summed E-state index contributed by atoms with van der Waals surface area (Å²) in [6.45, 7) is 2.03. The second kappa shape index (κ2) is 7.11. The summed E-state index contributed by atoms with van der Waals surface area (Å²) in [5, 5.41) is 0.566. The van der Waals surface area contributed by atoms with Crippen molar-refractivity contribution in [1.29, 1.82) is 0 Å². The Morgan fingerprint density at radius 3 is 2.40 bits per heavy atom. The maximum absolute atomic E-state index is 12.8. The quantitative estimate of drug-likeness (QED) is 0.707. The van der Waals surface area contributed by atoms with E-state index in [0.717, 1.165) is 12.8 Å². The Balaban J connectivity index is 2.12. The Kier molecular flexibility index (Phi) is 4.90. The van der Waals surface area contributed by atoms with Gasteiger partial charge in [0, 0.05) is 10.9 Å². The molecule has 2 aromatic carbocycles. The van der Waals surface area contributed by atoms with Crippen molar-refractivity contribution in [2.75, 3.05) is 4.72 Å². The highest BCUT2D eigenvalue weighted by Gasteiger charge is 2.18. The Morgan fingerprint density at radius 2 is 1.68 bits per heavy atom. The molecule has 0 aliphatic carbocycles. The Morgan fingerprint density at radius 1 is 1.00 bits per heavy atom. The highest BCUT2D eigenvalue weighted by Crippen LogP contribution is 2.21. The summed E-state index contributed by atoms with van der Waals surface area (Å²) in [6, 6.07) is 15.2. The number of sulfonamides is 1. The number of unbranched alkanes of at least 4 members (excludes halogenated alkanes) is 1. The molecule has 130 valence electrons. The van der Waals surface area contributed by atoms with Crippen LogP contribution in [-0.2, 0) is 16.4 Å². The van der Waals surface area contributed by atoms with E-state index < -0.39 is 10.0 Å². The third kappa shape index (κ3) is 3.58. The van der Waals surface area contributed by atoms with Crippen LogP contribution in [0.5, 0.6) is 0 Å². The van der Waals surface area contributed by atoms with E-state index in [1.54, 1.807) is 42.5 Å². The lowest BCUT2D eigenvalue weighted by atomic mass is 10.1. The number of fused-ring (bicyclic) bond motifs is 1. The van der Waals surface area contributed by atoms with Crippen molar-refractivity contribution in [2.45, 2.75) is 31.1 Å². The average Bonchev–Trinajstić information content (AvgIpc) is 2.62. The van der Waals surface area contributed by atoms with Gasteiger partial charge in [0.1, 0.15) is 5.82 Å². The van der Waals surface area contributed by atoms with Crippen LogP contribution in [0.15, 0.2) is 64.3 Å². The minimum atomic E-state index is -3.77. The molecule has 3 aromatic rings. The summed E-state index contributed by atoms with van der Waals surface area (Å²) in [5.74, 6) is 0.251. The van der Waals surface area contributed by atoms with E-state index in [-0.39, 0.29) is 16.1 Å². The van der Waals surface area contributed by atoms with Crippen molar-refractivity contribution in [1.82, 2.24) is 4.98 Å². The predicted molar refractivity (Wildman–Crippen MR) is 100 cm³/mol. The van der Waals surface area contributed by atoms with Crippen molar-refractivity contribution < 1.29 is 8.42 Å². The van der Waals surface area contributed by atoms with E-state index in [1.165, 1.54) is 12.1 Å². The van der Waals surface area contributed by atoms with Crippen LogP contribution >= 0.6 is 0 Å². The second-order valence-electron chi connectivity index (χ2n) is 5.88. The molecule has 3 rings (SSSR count). The molecule has 25 heavy (non-hydrogen) atoms. The summed E-state index contributed by atoms with van der Waals surface area (Å²) in [4.78, 5) is 16.1. The van der Waals surface area contributed by atoms with E-state index in [4.69, 9.17) is 0 Å². The van der Waals surface area contributed by atoms with Gasteiger partial charge < -0.3 is 4.98 Å². The summed E-state index contributed by atoms with van der Waals surface area (Å²) < 4.78 is 27.8. The molecule has 0 aliphatic rings. The molecule has 0 spiro atoms. The first-order valence-corrected chi connectivity index (χ1v) is 9.73. The van der Waals surface area contributed by atoms with E-state index in [0.29, 0.717) is 22.9 Å². The molecule has 1 heterocycles. The Bertz CT molecular complexity index is 1040. The number of hydrogen-bond acceptors (Lipinski definition) is 3. The van der Waals surface area contributed by atoms with Crippen LogP contribution in [0.4, 0.5) is 5.82 Å². The third-order valence-electron chi connectivity index (χ3n) is 4.08. The monoisotopic (exact) mass is 356 g/mol. The van der Waals surface area contributed by atoms with Gasteiger partial charge in [-0.3, -0.25) is 9.52 Å². The largest absolute Gasteiger partial charge is 0.340 e. The maximum atomic E-state index is 12.8. The van der Waals surface area contributed by atoms with Crippen molar-refractivity contribution >= 4 is 26.7 Å². The topological polar surface area (TPSA) is 79.0 Å². The van der Waals surface area contributed by atoms with Gasteiger partial charge in [-0.05, 0) is 37.1 Å². The Hall–Kier alpha value is -2.60. The number of anilines is 1. The fourth-order valence-electron chi connectivity index (χ4n) is 2.75. The highest BCUT2D eigenvalue weighted by atomic mass is 32.2. The first-order chi connectivity index (χ1) is 12.0. The summed E-state index contributed by atoms with van der Waals surface area (Å²) in [6.07, 6.45) is 2.24. The van der Waals surface area contributed by atoms with Gasteiger partial charge in [0.05, 0.1) is 10.4 Å². The number of para-hydroxylation sites is 1. The molecule has 0 unspecified atom stereocenters. The number of rotatable bonds is 6. The molecule has 1 aromatic heterocycles. The molecule has 0 saturated heterocycles. The first kappa shape index (κ1) is 17.2. The van der Waals surface area contributed by atoms with E-state index in [9.17, 15) is 13.2 Å². The summed E-state index contributed by atoms with van der Waals surface area (Å²) in [7, 11) is -3.77. The van der Waals surface area contributed by atoms with Gasteiger partial charge in [-0.2, -0.15) is 0 Å². The minimum Gasteiger partial charge on any atom is -0.340 e. The zero-order valence-electron chi connectivity index (χ0n) is 14.0. The van der Waals surface area contributed by atoms with Crippen molar-refractivity contribution in [3.8, 4) is 0 Å². The van der Waals surface area contributed by atoms with Crippen LogP contribution in [0.3, 0.4) is 0 Å². The number of pyridine rings is 1. The molecule has 0 atom stereocenters. The zero-order valence-corrected chi connectivity index (χ0v) is 14.8. The lowest BCUT2D eigenvalue weighted by Crippen LogP contribution is -2.20. The van der Waals surface area contributed by atoms with Gasteiger partial charge >= 0.3 is 0 Å². The number of benzene rings is 2. The predicted octanol–water partition coefficient (Wildman–Crippen LogP) is 3.67. The van der Waals surface area contributed by atoms with Crippen molar-refractivity contribution in [2.24, 2.45) is 0 Å². The molecule has 0 amide bonds. The smallest absolute Gasteiger partial charge is 0.263 e. The van der Waals surface area contributed by atoms with Crippen LogP contribution in [-0.4, -0.2) is 13.4 Å². The summed E-state index contributed by atoms with van der Waals surface area (Å²) in [5.41, 5.74) is 0.951. The Labute approximate surface area is 146 Å². The van der Waals surface area contributed by atoms with Crippen molar-refractivity contribution in [3.63, 3.8) is 0 Å². The van der Waals surface area contributed by atoms with Gasteiger partial charge in [-0.1, -0.05) is 43.7 Å². The highest BCUT2D eigenvalue weighted by molar-refractivity contribution is 7.92. The number of aromatic amines is 1. The molecule has 2 N–H and O–H groups in total. The lowest BCUT2D eigenvalue weighted by Gasteiger charge is -2.13. The third-order valence-corrected chi connectivity index (χ3v) is 5.44. The van der Waals surface area contributed by atoms with Gasteiger partial charge in [-0.25, -0.2) is 8.42 Å². The zero-order chi connectivity index (χ0) is 17.9. The molecule has 0 aliphatic heterocycles. The van der Waals surface area contributed by atoms with E-state index >= 15 is 0 Å². The molecule has 0 fully saturated rings. The molecule has 0 saturated carbocycles. The fraction of sp³-hybridized carbons (Fsp3) is 0.211. The van der Waals surface area contributed by atoms with Crippen LogP contribution in [0, 0.1) is 0 Å². The number of H-pyrrole nitrogens is 1. The number of nitrogens with one attached hydrogen (secondary N) is 2. The fourth-order valence-corrected chi connectivity index (χ4v) is 3.82. The summed E-state index contributed by atoms with van der Waals surface area (Å²) >= 11 is 0. The number of aromatic nitrogens is 1. The SMILES string of the molecule is CCCCc1c(NS(=O)(=O)c2ccccc2)[nH]c2ccccc2c1=O. The van der Waals surface area contributed by atoms with Gasteiger partial charge in [0.25, 0.3) is 10.0 Å². The maximum Gasteiger partial charge on any atom is 0.263 e. The van der Waals surface area contributed by atoms with Crippen molar-refractivity contribution in [3.05, 3.63) is 70.4 Å². The van der Waals surface area contributed by atoms with Gasteiger partial charge in [-0.15, -0.1) is 0 Å². The van der Waals surface area contributed by atoms with Gasteiger partial charge in [0.2, 0.25) is 0 Å². The lowest BCUT2D eigenvalue weighted by molar-refractivity contribution is 0.601.